The Morgan fingerprint density at radius 1 is 0.535 bits per heavy atom. The first-order chi connectivity index (χ1) is 20.9. The molecule has 0 aliphatic carbocycles. The first kappa shape index (κ1) is 30.7. The van der Waals surface area contributed by atoms with Crippen molar-refractivity contribution in [3.63, 3.8) is 0 Å². The smallest absolute Gasteiger partial charge is 0.0781 e. The lowest BCUT2D eigenvalue weighted by atomic mass is 9.89. The molecule has 0 unspecified atom stereocenters. The lowest BCUT2D eigenvalue weighted by Gasteiger charge is -2.14. The Morgan fingerprint density at radius 3 is 1.37 bits per heavy atom. The van der Waals surface area contributed by atoms with Gasteiger partial charge >= 0.3 is 0 Å². The van der Waals surface area contributed by atoms with Crippen LogP contribution in [0.1, 0.15) is 116 Å². The van der Waals surface area contributed by atoms with Crippen LogP contribution in [0.3, 0.4) is 0 Å². The van der Waals surface area contributed by atoms with Crippen LogP contribution in [0.25, 0.3) is 12.2 Å². The molecule has 1 aromatic heterocycles. The molecule has 0 spiro atoms. The van der Waals surface area contributed by atoms with Gasteiger partial charge in [-0.2, -0.15) is 0 Å². The molecule has 0 radical (unpaired) electrons. The molecule has 0 aromatic carbocycles. The van der Waals surface area contributed by atoms with Gasteiger partial charge in [0.25, 0.3) is 0 Å². The summed E-state index contributed by atoms with van der Waals surface area (Å²) < 4.78 is 0. The van der Waals surface area contributed by atoms with Crippen LogP contribution in [0.15, 0.2) is 83.4 Å². The minimum Gasteiger partial charge on any atom is -0.393 e. The lowest BCUT2D eigenvalue weighted by Crippen LogP contribution is -2.18. The molecule has 5 nitrogen and oxygen atoms in total. The Kier molecular flexibility index (Phi) is 9.19. The van der Waals surface area contributed by atoms with E-state index in [4.69, 9.17) is 15.0 Å². The highest BCUT2D eigenvalue weighted by Crippen LogP contribution is 2.41. The van der Waals surface area contributed by atoms with Gasteiger partial charge in [-0.3, -0.25) is 0 Å². The maximum absolute atomic E-state index is 5.42. The number of hydrogen-bond acceptors (Lipinski definition) is 4. The maximum atomic E-state index is 5.42. The normalized spacial score (nSPS) is 19.2. The molecule has 0 amide bonds. The quantitative estimate of drug-likeness (QED) is 0.302. The summed E-state index contributed by atoms with van der Waals surface area (Å²) in [6.45, 7) is 18.0. The van der Waals surface area contributed by atoms with E-state index in [0.29, 0.717) is 0 Å². The molecule has 4 aliphatic heterocycles. The number of allylic oxidation sites excluding steroid dienone is 8. The van der Waals surface area contributed by atoms with Gasteiger partial charge in [-0.05, 0) is 114 Å². The van der Waals surface area contributed by atoms with Gasteiger partial charge in [-0.25, -0.2) is 15.0 Å². The van der Waals surface area contributed by atoms with E-state index < -0.39 is 0 Å². The van der Waals surface area contributed by atoms with Crippen molar-refractivity contribution < 1.29 is 0 Å². The van der Waals surface area contributed by atoms with Crippen molar-refractivity contribution in [2.75, 3.05) is 7.05 Å². The second-order valence-electron chi connectivity index (χ2n) is 11.5. The fourth-order valence-electron chi connectivity index (χ4n) is 7.41. The number of hydrogen-bond donors (Lipinski definition) is 2. The monoisotopic (exact) mass is 575 g/mol. The molecule has 8 bridgehead atoms. The number of nitrogens with zero attached hydrogens (tertiary/aromatic N) is 3. The zero-order valence-electron chi connectivity index (χ0n) is 27.8. The summed E-state index contributed by atoms with van der Waals surface area (Å²) in [5, 5.41) is 3.35. The highest BCUT2D eigenvalue weighted by molar-refractivity contribution is 6.37. The molecular weight excluding hydrogens is 526 g/mol. The zero-order chi connectivity index (χ0) is 30.8. The number of aromatic amines is 1. The van der Waals surface area contributed by atoms with E-state index in [1.165, 1.54) is 56.0 Å². The van der Waals surface area contributed by atoms with Gasteiger partial charge in [-0.15, -0.1) is 0 Å². The molecule has 2 N–H and O–H groups in total. The summed E-state index contributed by atoms with van der Waals surface area (Å²) in [6.07, 6.45) is 16.5. The highest BCUT2D eigenvalue weighted by Gasteiger charge is 2.32. The van der Waals surface area contributed by atoms with Crippen LogP contribution in [0.5, 0.6) is 0 Å². The Morgan fingerprint density at radius 2 is 0.953 bits per heavy atom. The number of rotatable bonds is 9. The number of aromatic nitrogens is 1. The van der Waals surface area contributed by atoms with Gasteiger partial charge < -0.3 is 10.3 Å². The zero-order valence-corrected chi connectivity index (χ0v) is 27.8. The van der Waals surface area contributed by atoms with Crippen molar-refractivity contribution in [1.29, 1.82) is 0 Å². The number of nitrogens with one attached hydrogen (secondary N) is 2. The molecule has 1 aromatic rings. The molecule has 4 aliphatic rings. The third kappa shape index (κ3) is 5.11. The Hall–Kier alpha value is -3.73. The van der Waals surface area contributed by atoms with Crippen LogP contribution in [-0.2, 0) is 12.8 Å². The predicted molar refractivity (Wildman–Crippen MR) is 186 cm³/mol. The van der Waals surface area contributed by atoms with Crippen molar-refractivity contribution in [3.8, 4) is 0 Å². The average molecular weight is 576 g/mol. The van der Waals surface area contributed by atoms with Crippen LogP contribution in [0.2, 0.25) is 0 Å². The minimum absolute atomic E-state index is 0.918. The van der Waals surface area contributed by atoms with Crippen molar-refractivity contribution in [2.24, 2.45) is 15.0 Å². The number of H-pyrrole nitrogens is 1. The minimum atomic E-state index is 0.918. The first-order valence-electron chi connectivity index (χ1n) is 16.6. The largest absolute Gasteiger partial charge is 0.393 e. The van der Waals surface area contributed by atoms with Crippen LogP contribution in [0.4, 0.5) is 0 Å². The summed E-state index contributed by atoms with van der Waals surface area (Å²) in [5.74, 6) is 0. The molecule has 43 heavy (non-hydrogen) atoms. The van der Waals surface area contributed by atoms with E-state index >= 15 is 0 Å². The molecule has 5 heteroatoms. The first-order valence-corrected chi connectivity index (χ1v) is 16.6. The summed E-state index contributed by atoms with van der Waals surface area (Å²) >= 11 is 0. The van der Waals surface area contributed by atoms with Gasteiger partial charge in [0.2, 0.25) is 0 Å². The molecule has 0 saturated heterocycles. The average Bonchev–Trinajstić information content (AvgIpc) is 3.74. The standard InChI is InChI=1S/C38H49N5/c1-10-22-24(12-3)33-19-35-26(14-5)28(16-7)37(42-35)30(21-39-9)38-29(17-8)27(15-6)36(43-38)20-34-25(13-4)23(11-2)32(41-34)18-31(22)40-33/h18-21,39-40H,10-17H2,1-9H3. The Bertz CT molecular complexity index is 1650. The SMILES string of the molecule is CCC1=C(CC)C2=NC1=Cc1[nH]c(c(CC)c1CC)C=C1N=C(C(=CNC)C3=NC(=C2)C(CC)=C3CC)C(CC)=C1CC. The predicted octanol–water partition coefficient (Wildman–Crippen LogP) is 9.54. The van der Waals surface area contributed by atoms with Gasteiger partial charge in [-0.1, -0.05) is 55.4 Å². The maximum Gasteiger partial charge on any atom is 0.0781 e. The Labute approximate surface area is 258 Å². The van der Waals surface area contributed by atoms with Crippen LogP contribution in [-0.4, -0.2) is 29.2 Å². The van der Waals surface area contributed by atoms with Gasteiger partial charge in [0, 0.05) is 30.2 Å². The summed E-state index contributed by atoms with van der Waals surface area (Å²) in [4.78, 5) is 20.0. The second-order valence-corrected chi connectivity index (χ2v) is 11.5. The summed E-state index contributed by atoms with van der Waals surface area (Å²) in [7, 11) is 1.97. The summed E-state index contributed by atoms with van der Waals surface area (Å²) in [5.41, 5.74) is 20.5. The molecule has 0 fully saturated rings. The second kappa shape index (κ2) is 12.9. The molecule has 0 saturated carbocycles. The number of aliphatic imine (C=N–C) groups is 3. The van der Waals surface area contributed by atoms with Crippen molar-refractivity contribution in [1.82, 2.24) is 10.3 Å². The highest BCUT2D eigenvalue weighted by atomic mass is 14.9. The van der Waals surface area contributed by atoms with Crippen LogP contribution >= 0.6 is 0 Å². The van der Waals surface area contributed by atoms with E-state index in [1.54, 1.807) is 0 Å². The van der Waals surface area contributed by atoms with Crippen molar-refractivity contribution >= 4 is 29.3 Å². The molecule has 5 rings (SSSR count). The Balaban J connectivity index is 1.92. The number of fused-ring (bicyclic) bond motifs is 5. The third-order valence-electron chi connectivity index (χ3n) is 9.35. The van der Waals surface area contributed by atoms with E-state index in [1.807, 2.05) is 7.05 Å². The molecule has 0 atom stereocenters. The summed E-state index contributed by atoms with van der Waals surface area (Å²) in [6, 6.07) is 0. The van der Waals surface area contributed by atoms with Crippen LogP contribution < -0.4 is 5.32 Å². The van der Waals surface area contributed by atoms with Crippen molar-refractivity contribution in [2.45, 2.75) is 107 Å². The van der Waals surface area contributed by atoms with E-state index in [0.717, 1.165) is 91.2 Å². The van der Waals surface area contributed by atoms with E-state index in [-0.39, 0.29) is 0 Å². The lowest BCUT2D eigenvalue weighted by molar-refractivity contribution is 1.04. The van der Waals surface area contributed by atoms with E-state index in [9.17, 15) is 0 Å². The van der Waals surface area contributed by atoms with E-state index in [2.05, 4.69) is 90.1 Å². The fourth-order valence-corrected chi connectivity index (χ4v) is 7.41. The topological polar surface area (TPSA) is 64.9 Å². The fraction of sp³-hybridized carbons (Fsp3) is 0.447. The van der Waals surface area contributed by atoms with Gasteiger partial charge in [0.1, 0.15) is 0 Å². The van der Waals surface area contributed by atoms with Gasteiger partial charge in [0.15, 0.2) is 0 Å². The van der Waals surface area contributed by atoms with Crippen molar-refractivity contribution in [3.05, 3.63) is 90.9 Å². The van der Waals surface area contributed by atoms with Gasteiger partial charge in [0.05, 0.1) is 34.2 Å². The molecular formula is C38H49N5. The van der Waals surface area contributed by atoms with Crippen LogP contribution in [0, 0.1) is 0 Å². The molecule has 5 heterocycles. The molecule has 226 valence electrons. The third-order valence-corrected chi connectivity index (χ3v) is 9.35.